The minimum absolute atomic E-state index is 0.128. The zero-order chi connectivity index (χ0) is 15.8. The fourth-order valence-corrected chi connectivity index (χ4v) is 3.24. The largest absolute Gasteiger partial charge is 0.355 e. The van der Waals surface area contributed by atoms with Gasteiger partial charge in [-0.05, 0) is 30.2 Å². The molecule has 0 atom stereocenters. The SMILES string of the molecule is O=C(c1cc(-c2ccccc2)on1)N1CCc2cc(Br)ccc21. The summed E-state index contributed by atoms with van der Waals surface area (Å²) in [4.78, 5) is 14.5. The third-order valence-corrected chi connectivity index (χ3v) is 4.46. The lowest BCUT2D eigenvalue weighted by molar-refractivity contribution is 0.0981. The quantitative estimate of drug-likeness (QED) is 0.677. The van der Waals surface area contributed by atoms with Crippen LogP contribution in [0.25, 0.3) is 11.3 Å². The van der Waals surface area contributed by atoms with Crippen LogP contribution in [0.15, 0.2) is 63.6 Å². The Kier molecular flexibility index (Phi) is 3.50. The second-order valence-electron chi connectivity index (χ2n) is 5.42. The van der Waals surface area contributed by atoms with Crippen LogP contribution >= 0.6 is 15.9 Å². The number of carbonyl (C=O) groups excluding carboxylic acids is 1. The van der Waals surface area contributed by atoms with Gasteiger partial charge in [0.15, 0.2) is 11.5 Å². The van der Waals surface area contributed by atoms with Crippen LogP contribution in [-0.4, -0.2) is 17.6 Å². The second kappa shape index (κ2) is 5.66. The molecular formula is C18H13BrN2O2. The number of fused-ring (bicyclic) bond motifs is 1. The first-order chi connectivity index (χ1) is 11.2. The molecule has 1 aromatic heterocycles. The molecule has 0 fully saturated rings. The van der Waals surface area contributed by atoms with E-state index in [1.54, 1.807) is 11.0 Å². The number of anilines is 1. The lowest BCUT2D eigenvalue weighted by Crippen LogP contribution is -2.29. The highest BCUT2D eigenvalue weighted by Crippen LogP contribution is 2.32. The van der Waals surface area contributed by atoms with E-state index in [4.69, 9.17) is 4.52 Å². The van der Waals surface area contributed by atoms with Gasteiger partial charge in [0.05, 0.1) is 0 Å². The molecule has 0 radical (unpaired) electrons. The number of rotatable bonds is 2. The summed E-state index contributed by atoms with van der Waals surface area (Å²) < 4.78 is 6.36. The van der Waals surface area contributed by atoms with Crippen LogP contribution < -0.4 is 4.90 Å². The molecular weight excluding hydrogens is 356 g/mol. The van der Waals surface area contributed by atoms with Crippen molar-refractivity contribution in [3.05, 3.63) is 70.3 Å². The molecule has 0 aliphatic carbocycles. The Hall–Kier alpha value is -2.40. The van der Waals surface area contributed by atoms with Crippen LogP contribution in [0.1, 0.15) is 16.1 Å². The first-order valence-corrected chi connectivity index (χ1v) is 8.14. The van der Waals surface area contributed by atoms with Crippen molar-refractivity contribution >= 4 is 27.5 Å². The molecule has 1 amide bonds. The fourth-order valence-electron chi connectivity index (χ4n) is 2.83. The molecule has 4 rings (SSSR count). The Morgan fingerprint density at radius 2 is 1.96 bits per heavy atom. The maximum Gasteiger partial charge on any atom is 0.280 e. The van der Waals surface area contributed by atoms with E-state index in [1.807, 2.05) is 42.5 Å². The molecule has 0 unspecified atom stereocenters. The van der Waals surface area contributed by atoms with Crippen molar-refractivity contribution < 1.29 is 9.32 Å². The average molecular weight is 369 g/mol. The van der Waals surface area contributed by atoms with E-state index in [0.29, 0.717) is 18.0 Å². The summed E-state index contributed by atoms with van der Waals surface area (Å²) in [5.41, 5.74) is 3.35. The predicted molar refractivity (Wildman–Crippen MR) is 91.5 cm³/mol. The summed E-state index contributed by atoms with van der Waals surface area (Å²) in [7, 11) is 0. The fraction of sp³-hybridized carbons (Fsp3) is 0.111. The van der Waals surface area contributed by atoms with Gasteiger partial charge in [0.1, 0.15) is 0 Å². The van der Waals surface area contributed by atoms with Gasteiger partial charge in [0.2, 0.25) is 0 Å². The number of carbonyl (C=O) groups is 1. The molecule has 114 valence electrons. The lowest BCUT2D eigenvalue weighted by Gasteiger charge is -2.15. The minimum Gasteiger partial charge on any atom is -0.355 e. The maximum atomic E-state index is 12.7. The Balaban J connectivity index is 1.63. The molecule has 2 aromatic carbocycles. The van der Waals surface area contributed by atoms with E-state index >= 15 is 0 Å². The molecule has 23 heavy (non-hydrogen) atoms. The molecule has 0 saturated carbocycles. The van der Waals surface area contributed by atoms with Gasteiger partial charge in [0, 0.05) is 28.3 Å². The summed E-state index contributed by atoms with van der Waals surface area (Å²) in [6.45, 7) is 0.665. The summed E-state index contributed by atoms with van der Waals surface area (Å²) in [5, 5.41) is 3.95. The maximum absolute atomic E-state index is 12.7. The van der Waals surface area contributed by atoms with Crippen molar-refractivity contribution in [1.29, 1.82) is 0 Å². The van der Waals surface area contributed by atoms with Gasteiger partial charge in [-0.2, -0.15) is 0 Å². The Morgan fingerprint density at radius 3 is 2.78 bits per heavy atom. The molecule has 5 heteroatoms. The van der Waals surface area contributed by atoms with Gasteiger partial charge in [-0.1, -0.05) is 51.4 Å². The van der Waals surface area contributed by atoms with E-state index in [9.17, 15) is 4.79 Å². The number of nitrogens with zero attached hydrogens (tertiary/aromatic N) is 2. The van der Waals surface area contributed by atoms with Crippen LogP contribution in [-0.2, 0) is 6.42 Å². The Bertz CT molecular complexity index is 874. The lowest BCUT2D eigenvalue weighted by atomic mass is 10.1. The minimum atomic E-state index is -0.128. The molecule has 1 aliphatic heterocycles. The summed E-state index contributed by atoms with van der Waals surface area (Å²) in [6, 6.07) is 17.3. The topological polar surface area (TPSA) is 46.3 Å². The van der Waals surface area contributed by atoms with E-state index in [2.05, 4.69) is 27.2 Å². The summed E-state index contributed by atoms with van der Waals surface area (Å²) in [6.07, 6.45) is 0.851. The first-order valence-electron chi connectivity index (χ1n) is 7.35. The standard InChI is InChI=1S/C18H13BrN2O2/c19-14-6-7-16-13(10-14)8-9-21(16)18(22)15-11-17(23-20-15)12-4-2-1-3-5-12/h1-7,10-11H,8-9H2. The van der Waals surface area contributed by atoms with Crippen molar-refractivity contribution in [2.24, 2.45) is 0 Å². The van der Waals surface area contributed by atoms with Gasteiger partial charge < -0.3 is 9.42 Å². The summed E-state index contributed by atoms with van der Waals surface area (Å²) >= 11 is 3.47. The van der Waals surface area contributed by atoms with Crippen LogP contribution in [0.4, 0.5) is 5.69 Å². The molecule has 4 nitrogen and oxygen atoms in total. The van der Waals surface area contributed by atoms with Crippen molar-refractivity contribution in [3.63, 3.8) is 0 Å². The Morgan fingerprint density at radius 1 is 1.13 bits per heavy atom. The number of hydrogen-bond donors (Lipinski definition) is 0. The molecule has 2 heterocycles. The number of aromatic nitrogens is 1. The summed E-state index contributed by atoms with van der Waals surface area (Å²) in [5.74, 6) is 0.473. The van der Waals surface area contributed by atoms with Crippen molar-refractivity contribution in [2.45, 2.75) is 6.42 Å². The third-order valence-electron chi connectivity index (χ3n) is 3.97. The molecule has 0 N–H and O–H groups in total. The second-order valence-corrected chi connectivity index (χ2v) is 6.34. The van der Waals surface area contributed by atoms with Gasteiger partial charge in [-0.25, -0.2) is 0 Å². The molecule has 1 aliphatic rings. The predicted octanol–water partition coefficient (Wildman–Crippen LogP) is 4.31. The van der Waals surface area contributed by atoms with Gasteiger partial charge in [-0.3, -0.25) is 4.79 Å². The van der Waals surface area contributed by atoms with Crippen LogP contribution in [0, 0.1) is 0 Å². The van der Waals surface area contributed by atoms with Gasteiger partial charge >= 0.3 is 0 Å². The molecule has 0 saturated heterocycles. The highest BCUT2D eigenvalue weighted by Gasteiger charge is 2.27. The van der Waals surface area contributed by atoms with E-state index in [-0.39, 0.29) is 5.91 Å². The number of hydrogen-bond acceptors (Lipinski definition) is 3. The van der Waals surface area contributed by atoms with Crippen LogP contribution in [0.5, 0.6) is 0 Å². The monoisotopic (exact) mass is 368 g/mol. The number of benzene rings is 2. The van der Waals surface area contributed by atoms with Crippen molar-refractivity contribution in [1.82, 2.24) is 5.16 Å². The molecule has 0 spiro atoms. The highest BCUT2D eigenvalue weighted by atomic mass is 79.9. The van der Waals surface area contributed by atoms with E-state index < -0.39 is 0 Å². The number of amides is 1. The normalized spacial score (nSPS) is 13.2. The zero-order valence-corrected chi connectivity index (χ0v) is 13.8. The first kappa shape index (κ1) is 14.2. The highest BCUT2D eigenvalue weighted by molar-refractivity contribution is 9.10. The van der Waals surface area contributed by atoms with E-state index in [0.717, 1.165) is 22.1 Å². The zero-order valence-electron chi connectivity index (χ0n) is 12.2. The number of halogens is 1. The smallest absolute Gasteiger partial charge is 0.280 e. The van der Waals surface area contributed by atoms with Gasteiger partial charge in [-0.15, -0.1) is 0 Å². The average Bonchev–Trinajstić information content (AvgIpc) is 3.22. The Labute approximate surface area is 141 Å². The van der Waals surface area contributed by atoms with Crippen LogP contribution in [0.3, 0.4) is 0 Å². The van der Waals surface area contributed by atoms with Crippen molar-refractivity contribution in [2.75, 3.05) is 11.4 Å². The molecule has 0 bridgehead atoms. The van der Waals surface area contributed by atoms with Crippen LogP contribution in [0.2, 0.25) is 0 Å². The van der Waals surface area contributed by atoms with E-state index in [1.165, 1.54) is 5.56 Å². The third kappa shape index (κ3) is 2.57. The molecule has 3 aromatic rings. The van der Waals surface area contributed by atoms with Crippen molar-refractivity contribution in [3.8, 4) is 11.3 Å². The van der Waals surface area contributed by atoms with Gasteiger partial charge in [0.25, 0.3) is 5.91 Å².